The Morgan fingerprint density at radius 1 is 1.35 bits per heavy atom. The lowest BCUT2D eigenvalue weighted by molar-refractivity contribution is -0.141. The summed E-state index contributed by atoms with van der Waals surface area (Å²) in [4.78, 5) is 0. The van der Waals surface area contributed by atoms with Gasteiger partial charge < -0.3 is 14.6 Å². The van der Waals surface area contributed by atoms with Gasteiger partial charge >= 0.3 is 0 Å². The van der Waals surface area contributed by atoms with Crippen LogP contribution in [0.25, 0.3) is 0 Å². The minimum Gasteiger partial charge on any atom is -0.396 e. The van der Waals surface area contributed by atoms with Gasteiger partial charge in [0.05, 0.1) is 6.10 Å². The van der Waals surface area contributed by atoms with Crippen molar-refractivity contribution in [2.24, 2.45) is 0 Å². The summed E-state index contributed by atoms with van der Waals surface area (Å²) in [6.07, 6.45) is 2.51. The van der Waals surface area contributed by atoms with Crippen LogP contribution in [0.4, 0.5) is 0 Å². The van der Waals surface area contributed by atoms with Crippen molar-refractivity contribution in [2.75, 3.05) is 20.8 Å². The Kier molecular flexibility index (Phi) is 3.82. The third kappa shape index (κ3) is 1.99. The fourth-order valence-electron chi connectivity index (χ4n) is 2.96. The van der Waals surface area contributed by atoms with E-state index in [2.05, 4.69) is 12.1 Å². The van der Waals surface area contributed by atoms with E-state index in [1.54, 1.807) is 14.2 Å². The standard InChI is InChI=1S/C14H20O3/c1-16-13-8-7-11-5-3-4-6-12(11)14(13,17-2)9-10-15/h3-6,13,15H,7-10H2,1-2H3/t13-,14-/m1/s1. The van der Waals surface area contributed by atoms with Crippen molar-refractivity contribution in [3.05, 3.63) is 35.4 Å². The molecule has 1 N–H and O–H groups in total. The van der Waals surface area contributed by atoms with E-state index in [0.29, 0.717) is 6.42 Å². The summed E-state index contributed by atoms with van der Waals surface area (Å²) < 4.78 is 11.3. The molecule has 0 radical (unpaired) electrons. The summed E-state index contributed by atoms with van der Waals surface area (Å²) in [7, 11) is 3.41. The second-order valence-corrected chi connectivity index (χ2v) is 4.49. The molecule has 2 atom stereocenters. The Labute approximate surface area is 102 Å². The summed E-state index contributed by atoms with van der Waals surface area (Å²) in [5.74, 6) is 0. The molecule has 0 saturated carbocycles. The predicted molar refractivity (Wildman–Crippen MR) is 65.9 cm³/mol. The molecule has 1 aliphatic rings. The largest absolute Gasteiger partial charge is 0.396 e. The zero-order valence-corrected chi connectivity index (χ0v) is 10.5. The van der Waals surface area contributed by atoms with E-state index < -0.39 is 5.60 Å². The van der Waals surface area contributed by atoms with Crippen molar-refractivity contribution in [1.29, 1.82) is 0 Å². The molecule has 0 aliphatic heterocycles. The van der Waals surface area contributed by atoms with Crippen LogP contribution in [0.1, 0.15) is 24.0 Å². The first-order valence-electron chi connectivity index (χ1n) is 6.05. The quantitative estimate of drug-likeness (QED) is 0.867. The minimum atomic E-state index is -0.502. The molecule has 3 nitrogen and oxygen atoms in total. The molecule has 0 spiro atoms. The van der Waals surface area contributed by atoms with Crippen molar-refractivity contribution in [3.8, 4) is 0 Å². The lowest BCUT2D eigenvalue weighted by atomic mass is 9.75. The van der Waals surface area contributed by atoms with Crippen molar-refractivity contribution >= 4 is 0 Å². The predicted octanol–water partition coefficient (Wildman–Crippen LogP) is 1.87. The van der Waals surface area contributed by atoms with Gasteiger partial charge in [-0.15, -0.1) is 0 Å². The number of aliphatic hydroxyl groups excluding tert-OH is 1. The second kappa shape index (κ2) is 5.17. The number of aryl methyl sites for hydroxylation is 1. The summed E-state index contributed by atoms with van der Waals surface area (Å²) in [5.41, 5.74) is 1.96. The normalized spacial score (nSPS) is 27.8. The van der Waals surface area contributed by atoms with Gasteiger partial charge in [-0.1, -0.05) is 24.3 Å². The van der Waals surface area contributed by atoms with E-state index in [9.17, 15) is 5.11 Å². The summed E-state index contributed by atoms with van der Waals surface area (Å²) in [5, 5.41) is 9.32. The molecule has 0 aromatic heterocycles. The number of methoxy groups -OCH3 is 2. The van der Waals surface area contributed by atoms with Crippen LogP contribution in [0.3, 0.4) is 0 Å². The van der Waals surface area contributed by atoms with E-state index in [0.717, 1.165) is 18.4 Å². The molecule has 0 saturated heterocycles. The average Bonchev–Trinajstić information content (AvgIpc) is 2.39. The van der Waals surface area contributed by atoms with Gasteiger partial charge in [-0.2, -0.15) is 0 Å². The molecule has 0 fully saturated rings. The Hall–Kier alpha value is -0.900. The molecule has 0 heterocycles. The molecule has 1 aromatic rings. The Balaban J connectivity index is 2.49. The Bertz CT molecular complexity index is 377. The summed E-state index contributed by atoms with van der Waals surface area (Å²) >= 11 is 0. The minimum absolute atomic E-state index is 0.00884. The maximum absolute atomic E-state index is 9.32. The number of ether oxygens (including phenoxy) is 2. The first-order chi connectivity index (χ1) is 8.28. The average molecular weight is 236 g/mol. The molecule has 17 heavy (non-hydrogen) atoms. The van der Waals surface area contributed by atoms with Gasteiger partial charge in [-0.3, -0.25) is 0 Å². The summed E-state index contributed by atoms with van der Waals surface area (Å²) in [6.45, 7) is 0.0992. The van der Waals surface area contributed by atoms with Crippen LogP contribution in [0.2, 0.25) is 0 Å². The summed E-state index contributed by atoms with van der Waals surface area (Å²) in [6, 6.07) is 8.28. The third-order valence-corrected chi connectivity index (χ3v) is 3.80. The number of benzene rings is 1. The highest BCUT2D eigenvalue weighted by Crippen LogP contribution is 2.41. The molecule has 2 rings (SSSR count). The van der Waals surface area contributed by atoms with Gasteiger partial charge in [0.1, 0.15) is 5.60 Å². The molecule has 3 heteroatoms. The third-order valence-electron chi connectivity index (χ3n) is 3.80. The Morgan fingerprint density at radius 3 is 2.76 bits per heavy atom. The van der Waals surface area contributed by atoms with E-state index in [4.69, 9.17) is 9.47 Å². The van der Waals surface area contributed by atoms with Crippen LogP contribution < -0.4 is 0 Å². The Morgan fingerprint density at radius 2 is 2.12 bits per heavy atom. The SMILES string of the molecule is CO[C@@H]1CCc2ccccc2[C@@]1(CCO)OC. The van der Waals surface area contributed by atoms with Crippen molar-refractivity contribution < 1.29 is 14.6 Å². The highest BCUT2D eigenvalue weighted by Gasteiger charge is 2.44. The molecule has 0 unspecified atom stereocenters. The molecule has 0 bridgehead atoms. The maximum Gasteiger partial charge on any atom is 0.121 e. The first kappa shape index (κ1) is 12.6. The van der Waals surface area contributed by atoms with Crippen LogP contribution >= 0.6 is 0 Å². The van der Waals surface area contributed by atoms with E-state index >= 15 is 0 Å². The van der Waals surface area contributed by atoms with E-state index in [1.807, 2.05) is 12.1 Å². The zero-order chi connectivity index (χ0) is 12.3. The van der Waals surface area contributed by atoms with Gasteiger partial charge in [0.25, 0.3) is 0 Å². The van der Waals surface area contributed by atoms with Crippen LogP contribution in [-0.2, 0) is 21.5 Å². The number of hydrogen-bond acceptors (Lipinski definition) is 3. The first-order valence-corrected chi connectivity index (χ1v) is 6.05. The highest BCUT2D eigenvalue weighted by atomic mass is 16.5. The van der Waals surface area contributed by atoms with Crippen LogP contribution in [0.5, 0.6) is 0 Å². The molecule has 1 aliphatic carbocycles. The van der Waals surface area contributed by atoms with Crippen LogP contribution in [0.15, 0.2) is 24.3 Å². The van der Waals surface area contributed by atoms with E-state index in [-0.39, 0.29) is 12.7 Å². The number of aliphatic hydroxyl groups is 1. The fraction of sp³-hybridized carbons (Fsp3) is 0.571. The number of hydrogen-bond donors (Lipinski definition) is 1. The van der Waals surface area contributed by atoms with Crippen LogP contribution in [-0.4, -0.2) is 32.0 Å². The van der Waals surface area contributed by atoms with Crippen LogP contribution in [0, 0.1) is 0 Å². The number of rotatable bonds is 4. The maximum atomic E-state index is 9.32. The molecule has 1 aromatic carbocycles. The van der Waals surface area contributed by atoms with Gasteiger partial charge in [0.2, 0.25) is 0 Å². The molecular weight excluding hydrogens is 216 g/mol. The van der Waals surface area contributed by atoms with Crippen molar-refractivity contribution in [2.45, 2.75) is 31.0 Å². The lowest BCUT2D eigenvalue weighted by Crippen LogP contribution is -2.46. The lowest BCUT2D eigenvalue weighted by Gasteiger charge is -2.43. The number of fused-ring (bicyclic) bond motifs is 1. The monoisotopic (exact) mass is 236 g/mol. The van der Waals surface area contributed by atoms with Crippen molar-refractivity contribution in [1.82, 2.24) is 0 Å². The van der Waals surface area contributed by atoms with E-state index in [1.165, 1.54) is 5.56 Å². The second-order valence-electron chi connectivity index (χ2n) is 4.49. The molecule has 0 amide bonds. The van der Waals surface area contributed by atoms with Crippen molar-refractivity contribution in [3.63, 3.8) is 0 Å². The fourth-order valence-corrected chi connectivity index (χ4v) is 2.96. The topological polar surface area (TPSA) is 38.7 Å². The zero-order valence-electron chi connectivity index (χ0n) is 10.5. The highest BCUT2D eigenvalue weighted by molar-refractivity contribution is 5.36. The van der Waals surface area contributed by atoms with Gasteiger partial charge in [0, 0.05) is 27.2 Å². The smallest absolute Gasteiger partial charge is 0.121 e. The van der Waals surface area contributed by atoms with Gasteiger partial charge in [-0.25, -0.2) is 0 Å². The molecular formula is C14H20O3. The van der Waals surface area contributed by atoms with Gasteiger partial charge in [-0.05, 0) is 24.0 Å². The molecule has 94 valence electrons. The van der Waals surface area contributed by atoms with Gasteiger partial charge in [0.15, 0.2) is 0 Å².